The van der Waals surface area contributed by atoms with Gasteiger partial charge in [0.15, 0.2) is 5.96 Å². The average Bonchev–Trinajstić information content (AvgIpc) is 2.53. The lowest BCUT2D eigenvalue weighted by molar-refractivity contribution is 0.296. The lowest BCUT2D eigenvalue weighted by atomic mass is 10.0. The monoisotopic (exact) mass is 167 g/mol. The summed E-state index contributed by atoms with van der Waals surface area (Å²) in [5.74, 6) is 1.94. The van der Waals surface area contributed by atoms with E-state index in [4.69, 9.17) is 0 Å². The minimum Gasteiger partial charge on any atom is -0.344 e. The highest BCUT2D eigenvalue weighted by Crippen LogP contribution is 2.22. The molecule has 1 fully saturated rings. The molecule has 12 heavy (non-hydrogen) atoms. The molecule has 1 saturated heterocycles. The van der Waals surface area contributed by atoms with E-state index in [2.05, 4.69) is 35.7 Å². The first-order valence-electron chi connectivity index (χ1n) is 4.72. The van der Waals surface area contributed by atoms with Crippen LogP contribution in [0.4, 0.5) is 0 Å². The van der Waals surface area contributed by atoms with E-state index in [1.807, 2.05) is 0 Å². The van der Waals surface area contributed by atoms with Gasteiger partial charge in [-0.2, -0.15) is 0 Å². The van der Waals surface area contributed by atoms with Crippen molar-refractivity contribution in [2.45, 2.75) is 19.9 Å². The average molecular weight is 167 g/mol. The zero-order chi connectivity index (χ0) is 8.72. The number of likely N-dealkylation sites (N-methyl/N-ethyl adjacent to an activating group) is 1. The van der Waals surface area contributed by atoms with Crippen molar-refractivity contribution in [3.05, 3.63) is 0 Å². The predicted molar refractivity (Wildman–Crippen MR) is 50.3 cm³/mol. The Kier molecular flexibility index (Phi) is 1.74. The summed E-state index contributed by atoms with van der Waals surface area (Å²) in [7, 11) is 2.13. The van der Waals surface area contributed by atoms with Crippen LogP contribution in [0.3, 0.4) is 0 Å². The van der Waals surface area contributed by atoms with Gasteiger partial charge in [0.05, 0.1) is 12.6 Å². The normalized spacial score (nSPS) is 28.3. The van der Waals surface area contributed by atoms with Crippen LogP contribution in [-0.4, -0.2) is 48.5 Å². The second-order valence-corrected chi connectivity index (χ2v) is 4.07. The molecule has 0 aromatic carbocycles. The molecule has 3 heteroatoms. The Morgan fingerprint density at radius 3 is 2.83 bits per heavy atom. The van der Waals surface area contributed by atoms with E-state index in [1.54, 1.807) is 0 Å². The van der Waals surface area contributed by atoms with Gasteiger partial charge in [0, 0.05) is 20.1 Å². The molecule has 0 N–H and O–H groups in total. The quantitative estimate of drug-likeness (QED) is 0.570. The van der Waals surface area contributed by atoms with Gasteiger partial charge in [0.2, 0.25) is 0 Å². The van der Waals surface area contributed by atoms with Crippen molar-refractivity contribution < 1.29 is 0 Å². The van der Waals surface area contributed by atoms with E-state index in [-0.39, 0.29) is 0 Å². The van der Waals surface area contributed by atoms with Gasteiger partial charge in [-0.1, -0.05) is 13.8 Å². The van der Waals surface area contributed by atoms with Gasteiger partial charge in [0.1, 0.15) is 0 Å². The number of fused-ring (bicyclic) bond motifs is 1. The zero-order valence-corrected chi connectivity index (χ0v) is 8.12. The van der Waals surface area contributed by atoms with Crippen molar-refractivity contribution in [1.29, 1.82) is 0 Å². The first kappa shape index (κ1) is 7.90. The number of nitrogens with zero attached hydrogens (tertiary/aromatic N) is 3. The van der Waals surface area contributed by atoms with Crippen LogP contribution in [0.15, 0.2) is 4.99 Å². The summed E-state index contributed by atoms with van der Waals surface area (Å²) in [5.41, 5.74) is 0. The van der Waals surface area contributed by atoms with Crippen molar-refractivity contribution in [3.8, 4) is 0 Å². The highest BCUT2D eigenvalue weighted by atomic mass is 15.5. The SMILES string of the molecule is CC(C)[C@@H]1CN=C2N(C)CCN21. The van der Waals surface area contributed by atoms with Crippen molar-refractivity contribution >= 4 is 5.96 Å². The number of hydrogen-bond donors (Lipinski definition) is 0. The molecule has 0 aromatic heterocycles. The molecule has 0 aliphatic carbocycles. The van der Waals surface area contributed by atoms with E-state index in [0.717, 1.165) is 25.6 Å². The zero-order valence-electron chi connectivity index (χ0n) is 8.12. The number of aliphatic imine (C=N–C) groups is 1. The first-order chi connectivity index (χ1) is 5.70. The molecule has 1 atom stereocenters. The van der Waals surface area contributed by atoms with E-state index < -0.39 is 0 Å². The van der Waals surface area contributed by atoms with E-state index in [0.29, 0.717) is 6.04 Å². The number of rotatable bonds is 1. The molecule has 0 radical (unpaired) electrons. The molecule has 2 heterocycles. The Hall–Kier alpha value is -0.730. The fraction of sp³-hybridized carbons (Fsp3) is 0.889. The van der Waals surface area contributed by atoms with Gasteiger partial charge >= 0.3 is 0 Å². The molecule has 0 spiro atoms. The minimum atomic E-state index is 0.657. The summed E-state index contributed by atoms with van der Waals surface area (Å²) in [6.07, 6.45) is 0. The maximum atomic E-state index is 4.55. The first-order valence-corrected chi connectivity index (χ1v) is 4.72. The Bertz CT molecular complexity index is 210. The van der Waals surface area contributed by atoms with Crippen molar-refractivity contribution in [2.24, 2.45) is 10.9 Å². The fourth-order valence-electron chi connectivity index (χ4n) is 2.05. The summed E-state index contributed by atoms with van der Waals surface area (Å²) in [6, 6.07) is 0.657. The predicted octanol–water partition coefficient (Wildman–Crippen LogP) is 0.628. The van der Waals surface area contributed by atoms with Crippen LogP contribution >= 0.6 is 0 Å². The van der Waals surface area contributed by atoms with Crippen LogP contribution in [0.2, 0.25) is 0 Å². The molecule has 0 bridgehead atoms. The third-order valence-electron chi connectivity index (χ3n) is 2.86. The highest BCUT2D eigenvalue weighted by molar-refractivity contribution is 5.83. The second kappa shape index (κ2) is 2.64. The van der Waals surface area contributed by atoms with Crippen LogP contribution in [-0.2, 0) is 0 Å². The molecule has 2 rings (SSSR count). The Morgan fingerprint density at radius 1 is 1.42 bits per heavy atom. The summed E-state index contributed by atoms with van der Waals surface area (Å²) < 4.78 is 0. The van der Waals surface area contributed by atoms with Crippen molar-refractivity contribution in [3.63, 3.8) is 0 Å². The van der Waals surface area contributed by atoms with Gasteiger partial charge in [-0.25, -0.2) is 0 Å². The van der Waals surface area contributed by atoms with E-state index in [9.17, 15) is 0 Å². The van der Waals surface area contributed by atoms with Gasteiger partial charge in [0.25, 0.3) is 0 Å². The van der Waals surface area contributed by atoms with E-state index in [1.165, 1.54) is 5.96 Å². The highest BCUT2D eigenvalue weighted by Gasteiger charge is 2.35. The molecular formula is C9H17N3. The Labute approximate surface area is 74.1 Å². The van der Waals surface area contributed by atoms with Crippen LogP contribution in [0.5, 0.6) is 0 Å². The van der Waals surface area contributed by atoms with Gasteiger partial charge in [-0.05, 0) is 5.92 Å². The largest absolute Gasteiger partial charge is 0.344 e. The Balaban J connectivity index is 2.12. The Morgan fingerprint density at radius 2 is 2.17 bits per heavy atom. The maximum absolute atomic E-state index is 4.55. The van der Waals surface area contributed by atoms with Crippen LogP contribution < -0.4 is 0 Å². The summed E-state index contributed by atoms with van der Waals surface area (Å²) in [5, 5.41) is 0. The molecule has 2 aliphatic heterocycles. The maximum Gasteiger partial charge on any atom is 0.196 e. The summed E-state index contributed by atoms with van der Waals surface area (Å²) in [4.78, 5) is 9.25. The molecule has 0 saturated carbocycles. The van der Waals surface area contributed by atoms with Crippen LogP contribution in [0, 0.1) is 5.92 Å². The number of hydrogen-bond acceptors (Lipinski definition) is 3. The lowest BCUT2D eigenvalue weighted by Crippen LogP contribution is -2.38. The van der Waals surface area contributed by atoms with Crippen molar-refractivity contribution in [2.75, 3.05) is 26.7 Å². The molecule has 0 unspecified atom stereocenters. The fourth-order valence-corrected chi connectivity index (χ4v) is 2.05. The van der Waals surface area contributed by atoms with Crippen molar-refractivity contribution in [1.82, 2.24) is 9.80 Å². The lowest BCUT2D eigenvalue weighted by Gasteiger charge is -2.25. The molecule has 0 aromatic rings. The van der Waals surface area contributed by atoms with E-state index >= 15 is 0 Å². The van der Waals surface area contributed by atoms with Gasteiger partial charge in [-0.3, -0.25) is 4.99 Å². The smallest absolute Gasteiger partial charge is 0.196 e. The molecular weight excluding hydrogens is 150 g/mol. The van der Waals surface area contributed by atoms with Crippen LogP contribution in [0.25, 0.3) is 0 Å². The van der Waals surface area contributed by atoms with Crippen LogP contribution in [0.1, 0.15) is 13.8 Å². The number of guanidine groups is 1. The molecule has 3 nitrogen and oxygen atoms in total. The molecule has 68 valence electrons. The minimum absolute atomic E-state index is 0.657. The topological polar surface area (TPSA) is 18.8 Å². The standard InChI is InChI=1S/C9H17N3/c1-7(2)8-6-10-9-11(3)4-5-12(8)9/h7-8H,4-6H2,1-3H3/t8-/m0/s1. The van der Waals surface area contributed by atoms with Gasteiger partial charge < -0.3 is 9.80 Å². The third kappa shape index (κ3) is 0.993. The third-order valence-corrected chi connectivity index (χ3v) is 2.86. The second-order valence-electron chi connectivity index (χ2n) is 4.07. The molecule has 0 amide bonds. The summed E-state index contributed by atoms with van der Waals surface area (Å²) >= 11 is 0. The van der Waals surface area contributed by atoms with Gasteiger partial charge in [-0.15, -0.1) is 0 Å². The summed E-state index contributed by atoms with van der Waals surface area (Å²) in [6.45, 7) is 7.86. The molecule has 2 aliphatic rings.